The molecule has 3 rings (SSSR count). The smallest absolute Gasteiger partial charge is 0.117 e. The van der Waals surface area contributed by atoms with E-state index < -0.39 is 0 Å². The van der Waals surface area contributed by atoms with Crippen LogP contribution in [0.4, 0.5) is 0 Å². The summed E-state index contributed by atoms with van der Waals surface area (Å²) < 4.78 is 3.48. The zero-order chi connectivity index (χ0) is 14.7. The molecule has 2 N–H and O–H groups in total. The molecule has 0 bridgehead atoms. The standard InChI is InChI=1S/C16H22BrN3/c1-15(2,16(3,4)18)14-19-12-9-10(17)5-8-13(12)20(14)11-6-7-11/h5,8-9,11H,6-7,18H2,1-4H3. The van der Waals surface area contributed by atoms with Gasteiger partial charge >= 0.3 is 0 Å². The van der Waals surface area contributed by atoms with E-state index >= 15 is 0 Å². The first kappa shape index (κ1) is 14.1. The molecular weight excluding hydrogens is 314 g/mol. The SMILES string of the molecule is CC(C)(N)C(C)(C)c1nc2cc(Br)ccc2n1C1CC1. The zero-order valence-corrected chi connectivity index (χ0v) is 14.2. The van der Waals surface area contributed by atoms with Crippen molar-refractivity contribution in [3.63, 3.8) is 0 Å². The van der Waals surface area contributed by atoms with Gasteiger partial charge in [-0.25, -0.2) is 4.98 Å². The van der Waals surface area contributed by atoms with Crippen LogP contribution in [0.15, 0.2) is 22.7 Å². The van der Waals surface area contributed by atoms with Gasteiger partial charge in [-0.3, -0.25) is 0 Å². The summed E-state index contributed by atoms with van der Waals surface area (Å²) in [4.78, 5) is 4.93. The van der Waals surface area contributed by atoms with Crippen molar-refractivity contribution >= 4 is 27.0 Å². The number of nitrogens with zero attached hydrogens (tertiary/aromatic N) is 2. The van der Waals surface area contributed by atoms with E-state index in [1.807, 2.05) is 0 Å². The lowest BCUT2D eigenvalue weighted by atomic mass is 9.74. The number of hydrogen-bond donors (Lipinski definition) is 1. The van der Waals surface area contributed by atoms with E-state index in [1.54, 1.807) is 0 Å². The second kappa shape index (κ2) is 4.31. The Labute approximate surface area is 128 Å². The van der Waals surface area contributed by atoms with Gasteiger partial charge in [0.25, 0.3) is 0 Å². The highest BCUT2D eigenvalue weighted by Gasteiger charge is 2.42. The first-order chi connectivity index (χ1) is 9.22. The van der Waals surface area contributed by atoms with E-state index in [0.717, 1.165) is 15.8 Å². The summed E-state index contributed by atoms with van der Waals surface area (Å²) in [7, 11) is 0. The lowest BCUT2D eigenvalue weighted by Gasteiger charge is -2.38. The Kier molecular flexibility index (Phi) is 3.04. The van der Waals surface area contributed by atoms with E-state index in [1.165, 1.54) is 18.4 Å². The van der Waals surface area contributed by atoms with E-state index in [-0.39, 0.29) is 11.0 Å². The number of benzene rings is 1. The molecule has 1 aliphatic rings. The van der Waals surface area contributed by atoms with Crippen LogP contribution in [-0.2, 0) is 5.41 Å². The fourth-order valence-corrected chi connectivity index (χ4v) is 2.85. The minimum atomic E-state index is -0.321. The van der Waals surface area contributed by atoms with Gasteiger partial charge in [0.05, 0.1) is 11.0 Å². The number of rotatable bonds is 3. The van der Waals surface area contributed by atoms with Crippen molar-refractivity contribution in [1.29, 1.82) is 0 Å². The van der Waals surface area contributed by atoms with E-state index in [9.17, 15) is 0 Å². The maximum Gasteiger partial charge on any atom is 0.117 e. The third-order valence-electron chi connectivity index (χ3n) is 4.73. The van der Waals surface area contributed by atoms with Crippen molar-refractivity contribution in [3.05, 3.63) is 28.5 Å². The molecule has 0 saturated heterocycles. The third-order valence-corrected chi connectivity index (χ3v) is 5.23. The first-order valence-electron chi connectivity index (χ1n) is 7.18. The van der Waals surface area contributed by atoms with Crippen molar-refractivity contribution < 1.29 is 0 Å². The Morgan fingerprint density at radius 3 is 2.45 bits per heavy atom. The average Bonchev–Trinajstić information content (AvgIpc) is 3.08. The number of halogens is 1. The Bertz CT molecular complexity index is 660. The molecule has 0 aliphatic heterocycles. The van der Waals surface area contributed by atoms with Crippen molar-refractivity contribution in [3.8, 4) is 0 Å². The van der Waals surface area contributed by atoms with Crippen molar-refractivity contribution in [2.45, 2.75) is 57.5 Å². The molecule has 0 unspecified atom stereocenters. The monoisotopic (exact) mass is 335 g/mol. The van der Waals surface area contributed by atoms with Crippen LogP contribution < -0.4 is 5.73 Å². The summed E-state index contributed by atoms with van der Waals surface area (Å²) in [6.45, 7) is 8.56. The number of aromatic nitrogens is 2. The normalized spacial score (nSPS) is 16.9. The van der Waals surface area contributed by atoms with Gasteiger partial charge in [0, 0.05) is 21.5 Å². The molecule has 3 nitrogen and oxygen atoms in total. The molecule has 4 heteroatoms. The second-order valence-electron chi connectivity index (χ2n) is 7.02. The summed E-state index contributed by atoms with van der Waals surface area (Å²) in [5, 5.41) is 0. The lowest BCUT2D eigenvalue weighted by molar-refractivity contribution is 0.283. The summed E-state index contributed by atoms with van der Waals surface area (Å²) in [5.74, 6) is 1.11. The first-order valence-corrected chi connectivity index (χ1v) is 7.98. The minimum Gasteiger partial charge on any atom is -0.325 e. The number of nitrogens with two attached hydrogens (primary N) is 1. The van der Waals surface area contributed by atoms with E-state index in [0.29, 0.717) is 6.04 Å². The van der Waals surface area contributed by atoms with Crippen LogP contribution >= 0.6 is 15.9 Å². The summed E-state index contributed by atoms with van der Waals surface area (Å²) >= 11 is 3.53. The largest absolute Gasteiger partial charge is 0.325 e. The van der Waals surface area contributed by atoms with Crippen molar-refractivity contribution in [2.24, 2.45) is 5.73 Å². The quantitative estimate of drug-likeness (QED) is 0.915. The van der Waals surface area contributed by atoms with Crippen LogP contribution in [0.25, 0.3) is 11.0 Å². The number of imidazole rings is 1. The Morgan fingerprint density at radius 1 is 1.25 bits per heavy atom. The number of fused-ring (bicyclic) bond motifs is 1. The third kappa shape index (κ3) is 2.09. The van der Waals surface area contributed by atoms with Crippen molar-refractivity contribution in [1.82, 2.24) is 9.55 Å². The number of hydrogen-bond acceptors (Lipinski definition) is 2. The van der Waals surface area contributed by atoms with Gasteiger partial charge in [0.2, 0.25) is 0 Å². The molecule has 1 aliphatic carbocycles. The molecule has 0 atom stereocenters. The molecule has 20 heavy (non-hydrogen) atoms. The van der Waals surface area contributed by atoms with Gasteiger partial charge in [-0.15, -0.1) is 0 Å². The van der Waals surface area contributed by atoms with E-state index in [2.05, 4.69) is 66.4 Å². The highest BCUT2D eigenvalue weighted by molar-refractivity contribution is 9.10. The molecule has 0 spiro atoms. The van der Waals surface area contributed by atoms with Gasteiger partial charge in [0.15, 0.2) is 0 Å². The highest BCUT2D eigenvalue weighted by Crippen LogP contribution is 2.43. The fourth-order valence-electron chi connectivity index (χ4n) is 2.50. The molecular formula is C16H22BrN3. The van der Waals surface area contributed by atoms with Crippen LogP contribution in [0.1, 0.15) is 52.4 Å². The molecule has 1 fully saturated rings. The summed E-state index contributed by atoms with van der Waals surface area (Å²) in [6.07, 6.45) is 2.49. The van der Waals surface area contributed by atoms with Crippen LogP contribution in [0, 0.1) is 0 Å². The van der Waals surface area contributed by atoms with E-state index in [4.69, 9.17) is 10.7 Å². The highest BCUT2D eigenvalue weighted by atomic mass is 79.9. The minimum absolute atomic E-state index is 0.179. The Hall–Kier alpha value is -0.870. The average molecular weight is 336 g/mol. The maximum atomic E-state index is 6.42. The summed E-state index contributed by atoms with van der Waals surface area (Å²) in [5.41, 5.74) is 8.20. The Balaban J connectivity index is 2.27. The molecule has 108 valence electrons. The van der Waals surface area contributed by atoms with Crippen molar-refractivity contribution in [2.75, 3.05) is 0 Å². The second-order valence-corrected chi connectivity index (χ2v) is 7.93. The van der Waals surface area contributed by atoms with Crippen LogP contribution in [0.2, 0.25) is 0 Å². The topological polar surface area (TPSA) is 43.8 Å². The van der Waals surface area contributed by atoms with Crippen LogP contribution in [0.3, 0.4) is 0 Å². The van der Waals surface area contributed by atoms with Gasteiger partial charge in [0.1, 0.15) is 5.82 Å². The van der Waals surface area contributed by atoms with Gasteiger partial charge in [-0.05, 0) is 44.9 Å². The molecule has 1 saturated carbocycles. The molecule has 1 aromatic heterocycles. The van der Waals surface area contributed by atoms with Crippen LogP contribution in [-0.4, -0.2) is 15.1 Å². The Morgan fingerprint density at radius 2 is 1.90 bits per heavy atom. The predicted octanol–water partition coefficient (Wildman–Crippen LogP) is 4.15. The zero-order valence-electron chi connectivity index (χ0n) is 12.6. The summed E-state index contributed by atoms with van der Waals surface area (Å²) in [6, 6.07) is 6.94. The fraction of sp³-hybridized carbons (Fsp3) is 0.562. The van der Waals surface area contributed by atoms with Crippen LogP contribution in [0.5, 0.6) is 0 Å². The predicted molar refractivity (Wildman–Crippen MR) is 87.0 cm³/mol. The molecule has 2 aromatic rings. The maximum absolute atomic E-state index is 6.42. The molecule has 0 amide bonds. The van der Waals surface area contributed by atoms with Gasteiger partial charge in [-0.2, -0.15) is 0 Å². The lowest BCUT2D eigenvalue weighted by Crippen LogP contribution is -2.51. The molecule has 1 aromatic carbocycles. The molecule has 1 heterocycles. The van der Waals surface area contributed by atoms with Gasteiger partial charge < -0.3 is 10.3 Å². The molecule has 0 radical (unpaired) electrons. The van der Waals surface area contributed by atoms with Gasteiger partial charge in [-0.1, -0.05) is 29.8 Å².